The van der Waals surface area contributed by atoms with E-state index in [0.717, 1.165) is 5.39 Å². The SMILES string of the molecule is COC[C@H](C)NC(=O)[C@@H](C)N1c2cccc3cccc(c23)S1(=O)=O. The minimum absolute atomic E-state index is 0.201. The van der Waals surface area contributed by atoms with Crippen LogP contribution in [0.5, 0.6) is 0 Å². The Morgan fingerprint density at radius 1 is 1.21 bits per heavy atom. The molecule has 0 spiro atoms. The van der Waals surface area contributed by atoms with Gasteiger partial charge in [0.1, 0.15) is 6.04 Å². The average Bonchev–Trinajstić information content (AvgIpc) is 2.76. The Morgan fingerprint density at radius 3 is 2.54 bits per heavy atom. The summed E-state index contributed by atoms with van der Waals surface area (Å²) in [5.41, 5.74) is 0.546. The maximum Gasteiger partial charge on any atom is 0.265 e. The molecule has 1 amide bonds. The fourth-order valence-corrected chi connectivity index (χ4v) is 4.97. The maximum atomic E-state index is 12.9. The zero-order valence-electron chi connectivity index (χ0n) is 13.8. The Balaban J connectivity index is 2.01. The maximum absolute atomic E-state index is 12.9. The zero-order valence-corrected chi connectivity index (χ0v) is 14.6. The Kier molecular flexibility index (Phi) is 4.23. The fourth-order valence-electron chi connectivity index (χ4n) is 3.10. The van der Waals surface area contributed by atoms with Crippen LogP contribution >= 0.6 is 0 Å². The van der Waals surface area contributed by atoms with E-state index in [1.165, 1.54) is 4.31 Å². The number of methoxy groups -OCH3 is 1. The van der Waals surface area contributed by atoms with Crippen LogP contribution in [0.3, 0.4) is 0 Å². The quantitative estimate of drug-likeness (QED) is 0.895. The van der Waals surface area contributed by atoms with Gasteiger partial charge in [0.25, 0.3) is 10.0 Å². The Bertz CT molecular complexity index is 889. The van der Waals surface area contributed by atoms with Crippen LogP contribution in [-0.4, -0.2) is 40.1 Å². The minimum atomic E-state index is -3.75. The molecule has 0 aromatic heterocycles. The number of carbonyl (C=O) groups excluding carboxylic acids is 1. The molecule has 7 heteroatoms. The van der Waals surface area contributed by atoms with Crippen molar-refractivity contribution < 1.29 is 17.9 Å². The molecule has 3 rings (SSSR count). The summed E-state index contributed by atoms with van der Waals surface area (Å²) in [6.45, 7) is 3.76. The molecule has 1 heterocycles. The van der Waals surface area contributed by atoms with Crippen molar-refractivity contribution in [2.75, 3.05) is 18.0 Å². The number of ether oxygens (including phenoxy) is 1. The number of hydrogen-bond acceptors (Lipinski definition) is 4. The molecular weight excluding hydrogens is 328 g/mol. The summed E-state index contributed by atoms with van der Waals surface area (Å²) in [6, 6.07) is 9.51. The first kappa shape index (κ1) is 16.7. The first-order chi connectivity index (χ1) is 11.4. The van der Waals surface area contributed by atoms with Gasteiger partial charge in [0.15, 0.2) is 0 Å². The van der Waals surface area contributed by atoms with E-state index >= 15 is 0 Å². The second-order valence-corrected chi connectivity index (χ2v) is 7.76. The molecule has 2 aromatic rings. The molecule has 0 aliphatic carbocycles. The van der Waals surface area contributed by atoms with Crippen LogP contribution < -0.4 is 9.62 Å². The van der Waals surface area contributed by atoms with Gasteiger partial charge in [-0.2, -0.15) is 0 Å². The molecule has 0 unspecified atom stereocenters. The minimum Gasteiger partial charge on any atom is -0.383 e. The summed E-state index contributed by atoms with van der Waals surface area (Å²) in [6.07, 6.45) is 0. The average molecular weight is 348 g/mol. The van der Waals surface area contributed by atoms with Gasteiger partial charge in [-0.25, -0.2) is 8.42 Å². The van der Waals surface area contributed by atoms with Crippen LogP contribution in [0.4, 0.5) is 5.69 Å². The van der Waals surface area contributed by atoms with Gasteiger partial charge < -0.3 is 10.1 Å². The van der Waals surface area contributed by atoms with E-state index in [1.807, 2.05) is 19.1 Å². The molecule has 0 fully saturated rings. The van der Waals surface area contributed by atoms with E-state index in [4.69, 9.17) is 4.74 Å². The summed E-state index contributed by atoms with van der Waals surface area (Å²) in [5.74, 6) is -0.354. The summed E-state index contributed by atoms with van der Waals surface area (Å²) >= 11 is 0. The van der Waals surface area contributed by atoms with Crippen LogP contribution in [0.2, 0.25) is 0 Å². The highest BCUT2D eigenvalue weighted by atomic mass is 32.2. The number of carbonyl (C=O) groups is 1. The summed E-state index contributed by atoms with van der Waals surface area (Å²) in [7, 11) is -2.20. The number of nitrogens with zero attached hydrogens (tertiary/aromatic N) is 1. The van der Waals surface area contributed by atoms with Crippen molar-refractivity contribution >= 4 is 32.4 Å². The molecule has 1 aliphatic rings. The van der Waals surface area contributed by atoms with Crippen LogP contribution in [0.15, 0.2) is 41.3 Å². The highest BCUT2D eigenvalue weighted by Crippen LogP contribution is 2.43. The smallest absolute Gasteiger partial charge is 0.265 e. The van der Waals surface area contributed by atoms with Crippen molar-refractivity contribution in [2.45, 2.75) is 30.8 Å². The van der Waals surface area contributed by atoms with Gasteiger partial charge in [-0.1, -0.05) is 24.3 Å². The van der Waals surface area contributed by atoms with Gasteiger partial charge in [-0.05, 0) is 31.4 Å². The van der Waals surface area contributed by atoms with Crippen molar-refractivity contribution in [3.05, 3.63) is 36.4 Å². The summed E-state index contributed by atoms with van der Waals surface area (Å²) in [4.78, 5) is 12.8. The molecule has 1 aliphatic heterocycles. The molecule has 0 radical (unpaired) electrons. The van der Waals surface area contributed by atoms with E-state index in [9.17, 15) is 13.2 Å². The predicted octanol–water partition coefficient (Wildman–Crippen LogP) is 1.89. The van der Waals surface area contributed by atoms with E-state index in [0.29, 0.717) is 17.7 Å². The molecule has 128 valence electrons. The molecule has 0 bridgehead atoms. The van der Waals surface area contributed by atoms with Crippen molar-refractivity contribution in [3.63, 3.8) is 0 Å². The molecule has 0 saturated heterocycles. The van der Waals surface area contributed by atoms with E-state index in [-0.39, 0.29) is 16.8 Å². The van der Waals surface area contributed by atoms with E-state index in [1.54, 1.807) is 38.3 Å². The first-order valence-corrected chi connectivity index (χ1v) is 9.17. The van der Waals surface area contributed by atoms with Gasteiger partial charge in [0, 0.05) is 18.5 Å². The number of benzene rings is 2. The van der Waals surface area contributed by atoms with Crippen LogP contribution in [0.25, 0.3) is 10.8 Å². The van der Waals surface area contributed by atoms with E-state index < -0.39 is 16.1 Å². The standard InChI is InChI=1S/C17H20N2O4S/c1-11(10-23-3)18-17(20)12(2)19-14-8-4-6-13-7-5-9-15(16(13)14)24(19,21)22/h4-9,11-12H,10H2,1-3H3,(H,18,20)/t11-,12+/m0/s1. The number of sulfonamides is 1. The van der Waals surface area contributed by atoms with Crippen molar-refractivity contribution in [1.29, 1.82) is 0 Å². The van der Waals surface area contributed by atoms with Gasteiger partial charge in [0.2, 0.25) is 5.91 Å². The monoisotopic (exact) mass is 348 g/mol. The molecular formula is C17H20N2O4S. The van der Waals surface area contributed by atoms with Gasteiger partial charge in [-0.3, -0.25) is 9.10 Å². The first-order valence-electron chi connectivity index (χ1n) is 7.73. The van der Waals surface area contributed by atoms with Crippen LogP contribution in [0.1, 0.15) is 13.8 Å². The highest BCUT2D eigenvalue weighted by molar-refractivity contribution is 7.93. The third-order valence-electron chi connectivity index (χ3n) is 4.16. The Morgan fingerprint density at radius 2 is 1.88 bits per heavy atom. The number of anilines is 1. The zero-order chi connectivity index (χ0) is 17.5. The van der Waals surface area contributed by atoms with Crippen molar-refractivity contribution in [3.8, 4) is 0 Å². The molecule has 0 saturated carbocycles. The third-order valence-corrected chi connectivity index (χ3v) is 6.08. The molecule has 2 aromatic carbocycles. The lowest BCUT2D eigenvalue weighted by Crippen LogP contribution is -2.49. The van der Waals surface area contributed by atoms with Gasteiger partial charge in [0.05, 0.1) is 17.2 Å². The number of amides is 1. The molecule has 24 heavy (non-hydrogen) atoms. The Hall–Kier alpha value is -2.12. The lowest BCUT2D eigenvalue weighted by molar-refractivity contribution is -0.122. The normalized spacial score (nSPS) is 17.7. The van der Waals surface area contributed by atoms with Gasteiger partial charge >= 0.3 is 0 Å². The molecule has 2 atom stereocenters. The third kappa shape index (κ3) is 2.53. The largest absolute Gasteiger partial charge is 0.383 e. The number of hydrogen-bond donors (Lipinski definition) is 1. The highest BCUT2D eigenvalue weighted by Gasteiger charge is 2.40. The Labute approximate surface area is 141 Å². The summed E-state index contributed by atoms with van der Waals surface area (Å²) < 4.78 is 32.1. The number of rotatable bonds is 5. The molecule has 6 nitrogen and oxygen atoms in total. The predicted molar refractivity (Wildman–Crippen MR) is 92.6 cm³/mol. The lowest BCUT2D eigenvalue weighted by atomic mass is 10.1. The van der Waals surface area contributed by atoms with Crippen LogP contribution in [0, 0.1) is 0 Å². The van der Waals surface area contributed by atoms with Crippen LogP contribution in [-0.2, 0) is 19.6 Å². The fraction of sp³-hybridized carbons (Fsp3) is 0.353. The number of nitrogens with one attached hydrogen (secondary N) is 1. The van der Waals surface area contributed by atoms with Crippen molar-refractivity contribution in [1.82, 2.24) is 5.32 Å². The van der Waals surface area contributed by atoms with E-state index in [2.05, 4.69) is 5.32 Å². The summed E-state index contributed by atoms with van der Waals surface area (Å²) in [5, 5.41) is 4.30. The second kappa shape index (κ2) is 6.07. The second-order valence-electron chi connectivity index (χ2n) is 5.97. The van der Waals surface area contributed by atoms with Gasteiger partial charge in [-0.15, -0.1) is 0 Å². The molecule has 1 N–H and O–H groups in total. The topological polar surface area (TPSA) is 75.7 Å². The lowest BCUT2D eigenvalue weighted by Gasteiger charge is -2.26. The van der Waals surface area contributed by atoms with Crippen molar-refractivity contribution in [2.24, 2.45) is 0 Å².